The van der Waals surface area contributed by atoms with Crippen LogP contribution < -0.4 is 10.6 Å². The summed E-state index contributed by atoms with van der Waals surface area (Å²) in [5, 5.41) is 11.0. The third kappa shape index (κ3) is 4.43. The lowest BCUT2D eigenvalue weighted by atomic mass is 10.1. The van der Waals surface area contributed by atoms with Gasteiger partial charge in [0.1, 0.15) is 0 Å². The number of carbonyl (C=O) groups excluding carboxylic acids is 1. The van der Waals surface area contributed by atoms with Crippen molar-refractivity contribution in [2.24, 2.45) is 0 Å². The summed E-state index contributed by atoms with van der Waals surface area (Å²) in [6.45, 7) is 7.67. The van der Waals surface area contributed by atoms with E-state index in [0.29, 0.717) is 12.5 Å². The number of anilines is 2. The second kappa shape index (κ2) is 8.36. The van der Waals surface area contributed by atoms with E-state index < -0.39 is 0 Å². The molecular formula is C20H28N4O2. The van der Waals surface area contributed by atoms with Gasteiger partial charge in [-0.05, 0) is 45.2 Å². The highest BCUT2D eigenvalue weighted by molar-refractivity contribution is 5.92. The molecule has 26 heavy (non-hydrogen) atoms. The molecule has 6 nitrogen and oxygen atoms in total. The Morgan fingerprint density at radius 1 is 1.27 bits per heavy atom. The van der Waals surface area contributed by atoms with E-state index in [4.69, 9.17) is 4.74 Å². The molecule has 3 rings (SSSR count). The summed E-state index contributed by atoms with van der Waals surface area (Å²) in [5.41, 5.74) is 4.04. The minimum Gasteiger partial charge on any atom is -0.381 e. The third-order valence-corrected chi connectivity index (χ3v) is 4.89. The molecule has 0 bridgehead atoms. The predicted octanol–water partition coefficient (Wildman–Crippen LogP) is 3.68. The van der Waals surface area contributed by atoms with Gasteiger partial charge in [0.2, 0.25) is 5.91 Å². The molecule has 1 fully saturated rings. The van der Waals surface area contributed by atoms with Crippen molar-refractivity contribution in [3.8, 4) is 0 Å². The summed E-state index contributed by atoms with van der Waals surface area (Å²) >= 11 is 0. The molecule has 1 aromatic carbocycles. The van der Waals surface area contributed by atoms with Crippen LogP contribution in [0.4, 0.5) is 11.4 Å². The van der Waals surface area contributed by atoms with Gasteiger partial charge >= 0.3 is 0 Å². The van der Waals surface area contributed by atoms with Crippen molar-refractivity contribution >= 4 is 17.3 Å². The first kappa shape index (κ1) is 18.5. The Hall–Kier alpha value is -2.34. The first-order valence-corrected chi connectivity index (χ1v) is 9.28. The number of nitrogens with zero attached hydrogens (tertiary/aromatic N) is 2. The Balaban J connectivity index is 1.56. The fourth-order valence-corrected chi connectivity index (χ4v) is 3.37. The average Bonchev–Trinajstić information content (AvgIpc) is 2.98. The Bertz CT molecular complexity index is 750. The lowest BCUT2D eigenvalue weighted by Crippen LogP contribution is -2.24. The van der Waals surface area contributed by atoms with E-state index >= 15 is 0 Å². The maximum Gasteiger partial charge on any atom is 0.226 e. The topological polar surface area (TPSA) is 68.2 Å². The summed E-state index contributed by atoms with van der Waals surface area (Å²) in [5.74, 6) is 0.00812. The number of hydrogen-bond acceptors (Lipinski definition) is 4. The Labute approximate surface area is 154 Å². The number of carbonyl (C=O) groups is 1. The Kier molecular flexibility index (Phi) is 5.93. The van der Waals surface area contributed by atoms with Crippen LogP contribution in [0.1, 0.15) is 43.5 Å². The predicted molar refractivity (Wildman–Crippen MR) is 104 cm³/mol. The van der Waals surface area contributed by atoms with Gasteiger partial charge in [-0.2, -0.15) is 5.10 Å². The van der Waals surface area contributed by atoms with Gasteiger partial charge in [0.25, 0.3) is 0 Å². The Morgan fingerprint density at radius 3 is 2.73 bits per heavy atom. The van der Waals surface area contributed by atoms with E-state index in [1.54, 1.807) is 0 Å². The highest BCUT2D eigenvalue weighted by Gasteiger charge is 2.20. The van der Waals surface area contributed by atoms with Crippen LogP contribution in [-0.4, -0.2) is 34.9 Å². The lowest BCUT2D eigenvalue weighted by Gasteiger charge is -2.24. The van der Waals surface area contributed by atoms with Crippen LogP contribution in [0.25, 0.3) is 0 Å². The van der Waals surface area contributed by atoms with Crippen molar-refractivity contribution in [3.63, 3.8) is 0 Å². The second-order valence-corrected chi connectivity index (χ2v) is 7.04. The van der Waals surface area contributed by atoms with Crippen LogP contribution in [0.3, 0.4) is 0 Å². The molecule has 140 valence electrons. The monoisotopic (exact) mass is 356 g/mol. The molecule has 1 saturated heterocycles. The van der Waals surface area contributed by atoms with E-state index in [9.17, 15) is 4.79 Å². The van der Waals surface area contributed by atoms with Crippen LogP contribution >= 0.6 is 0 Å². The molecule has 1 aliphatic rings. The van der Waals surface area contributed by atoms with Crippen LogP contribution in [0, 0.1) is 13.8 Å². The van der Waals surface area contributed by atoms with Gasteiger partial charge in [-0.1, -0.05) is 18.2 Å². The van der Waals surface area contributed by atoms with Gasteiger partial charge in [0.05, 0.1) is 23.6 Å². The summed E-state index contributed by atoms with van der Waals surface area (Å²) in [4.78, 5) is 12.3. The van der Waals surface area contributed by atoms with Crippen LogP contribution in [-0.2, 0) is 9.53 Å². The highest BCUT2D eigenvalue weighted by Crippen LogP contribution is 2.25. The molecule has 0 spiro atoms. The molecule has 2 heterocycles. The third-order valence-electron chi connectivity index (χ3n) is 4.89. The largest absolute Gasteiger partial charge is 0.381 e. The minimum absolute atomic E-state index is 0.00812. The summed E-state index contributed by atoms with van der Waals surface area (Å²) in [6.07, 6.45) is 4.25. The summed E-state index contributed by atoms with van der Waals surface area (Å²) in [6, 6.07) is 8.23. The van der Waals surface area contributed by atoms with Crippen LogP contribution in [0.15, 0.2) is 30.5 Å². The quantitative estimate of drug-likeness (QED) is 0.828. The first-order valence-electron chi connectivity index (χ1n) is 9.28. The van der Waals surface area contributed by atoms with Gasteiger partial charge in [-0.3, -0.25) is 9.48 Å². The lowest BCUT2D eigenvalue weighted by molar-refractivity contribution is -0.116. The van der Waals surface area contributed by atoms with Crippen LogP contribution in [0.5, 0.6) is 0 Å². The zero-order valence-corrected chi connectivity index (χ0v) is 15.8. The van der Waals surface area contributed by atoms with E-state index in [-0.39, 0.29) is 11.9 Å². The molecule has 2 N–H and O–H groups in total. The van der Waals surface area contributed by atoms with Gasteiger partial charge in [0, 0.05) is 31.4 Å². The maximum atomic E-state index is 12.3. The van der Waals surface area contributed by atoms with Crippen molar-refractivity contribution in [1.82, 2.24) is 9.78 Å². The molecule has 0 aliphatic carbocycles. The van der Waals surface area contributed by atoms with Crippen molar-refractivity contribution in [3.05, 3.63) is 41.7 Å². The van der Waals surface area contributed by atoms with E-state index in [1.807, 2.05) is 44.3 Å². The second-order valence-electron chi connectivity index (χ2n) is 7.04. The zero-order chi connectivity index (χ0) is 18.5. The van der Waals surface area contributed by atoms with E-state index in [2.05, 4.69) is 27.3 Å². The van der Waals surface area contributed by atoms with Crippen LogP contribution in [0.2, 0.25) is 0 Å². The minimum atomic E-state index is 0.00812. The summed E-state index contributed by atoms with van der Waals surface area (Å²) in [7, 11) is 0. The number of aryl methyl sites for hydroxylation is 1. The molecule has 6 heteroatoms. The number of amides is 1. The smallest absolute Gasteiger partial charge is 0.226 e. The SMILES string of the molecule is Cc1ccccc1NC(=O)CC(C)Nc1cnn(C2CCOCC2)c1C. The van der Waals surface area contributed by atoms with Gasteiger partial charge in [-0.15, -0.1) is 0 Å². The van der Waals surface area contributed by atoms with Crippen molar-refractivity contribution in [2.45, 2.75) is 52.1 Å². The van der Waals surface area contributed by atoms with Crippen molar-refractivity contribution in [2.75, 3.05) is 23.8 Å². The first-order chi connectivity index (χ1) is 12.5. The van der Waals surface area contributed by atoms with E-state index in [0.717, 1.165) is 48.7 Å². The van der Waals surface area contributed by atoms with Crippen molar-refractivity contribution in [1.29, 1.82) is 0 Å². The van der Waals surface area contributed by atoms with Gasteiger partial charge in [0.15, 0.2) is 0 Å². The molecule has 0 radical (unpaired) electrons. The van der Waals surface area contributed by atoms with Gasteiger partial charge in [-0.25, -0.2) is 0 Å². The number of ether oxygens (including phenoxy) is 1. The van der Waals surface area contributed by atoms with Crippen molar-refractivity contribution < 1.29 is 9.53 Å². The highest BCUT2D eigenvalue weighted by atomic mass is 16.5. The molecule has 1 aromatic heterocycles. The zero-order valence-electron chi connectivity index (χ0n) is 15.8. The number of benzene rings is 1. The summed E-state index contributed by atoms with van der Waals surface area (Å²) < 4.78 is 7.52. The fraction of sp³-hybridized carbons (Fsp3) is 0.500. The molecule has 2 aromatic rings. The van der Waals surface area contributed by atoms with Gasteiger partial charge < -0.3 is 15.4 Å². The average molecular weight is 356 g/mol. The molecule has 0 saturated carbocycles. The number of aromatic nitrogens is 2. The molecular weight excluding hydrogens is 328 g/mol. The number of hydrogen-bond donors (Lipinski definition) is 2. The molecule has 1 aliphatic heterocycles. The fourth-order valence-electron chi connectivity index (χ4n) is 3.37. The maximum absolute atomic E-state index is 12.3. The number of nitrogens with one attached hydrogen (secondary N) is 2. The molecule has 1 atom stereocenters. The molecule has 1 unspecified atom stereocenters. The standard InChI is InChI=1S/C20H28N4O2/c1-14-6-4-5-7-18(14)23-20(25)12-15(2)22-19-13-21-24(16(19)3)17-8-10-26-11-9-17/h4-7,13,15,17,22H,8-12H2,1-3H3,(H,23,25). The Morgan fingerprint density at radius 2 is 2.00 bits per heavy atom. The number of rotatable bonds is 6. The normalized spacial score (nSPS) is 16.3. The number of para-hydroxylation sites is 1. The molecule has 1 amide bonds. The van der Waals surface area contributed by atoms with E-state index in [1.165, 1.54) is 0 Å².